The number of benzene rings is 1. The monoisotopic (exact) mass is 340 g/mol. The summed E-state index contributed by atoms with van der Waals surface area (Å²) in [6, 6.07) is 11.5. The van der Waals surface area contributed by atoms with Gasteiger partial charge in [-0.15, -0.1) is 0 Å². The topological polar surface area (TPSA) is 71.5 Å². The van der Waals surface area contributed by atoms with E-state index in [0.29, 0.717) is 6.61 Å². The van der Waals surface area contributed by atoms with Crippen LogP contribution >= 0.6 is 0 Å². The number of carbonyl (C=O) groups excluding carboxylic acids is 1. The SMILES string of the molecule is CC(NC(=O)C1CCCC1O)c1ccc(OCc2cccnc2)cc1. The van der Waals surface area contributed by atoms with Gasteiger partial charge in [0.1, 0.15) is 12.4 Å². The molecule has 3 atom stereocenters. The van der Waals surface area contributed by atoms with Gasteiger partial charge in [0.15, 0.2) is 0 Å². The Morgan fingerprint density at radius 1 is 1.32 bits per heavy atom. The average molecular weight is 340 g/mol. The van der Waals surface area contributed by atoms with Crippen LogP contribution in [0.2, 0.25) is 0 Å². The highest BCUT2D eigenvalue weighted by Gasteiger charge is 2.31. The summed E-state index contributed by atoms with van der Waals surface area (Å²) in [5.41, 5.74) is 2.02. The lowest BCUT2D eigenvalue weighted by Crippen LogP contribution is -2.36. The van der Waals surface area contributed by atoms with Crippen LogP contribution in [0.1, 0.15) is 43.4 Å². The fourth-order valence-corrected chi connectivity index (χ4v) is 3.15. The number of carbonyl (C=O) groups is 1. The van der Waals surface area contributed by atoms with Crippen LogP contribution < -0.4 is 10.1 Å². The molecule has 0 radical (unpaired) electrons. The van der Waals surface area contributed by atoms with Crippen molar-refractivity contribution in [1.82, 2.24) is 10.3 Å². The van der Waals surface area contributed by atoms with Crippen LogP contribution in [-0.4, -0.2) is 22.1 Å². The van der Waals surface area contributed by atoms with E-state index in [1.165, 1.54) is 0 Å². The zero-order chi connectivity index (χ0) is 17.6. The number of aliphatic hydroxyl groups is 1. The van der Waals surface area contributed by atoms with Gasteiger partial charge in [0.2, 0.25) is 5.91 Å². The highest BCUT2D eigenvalue weighted by molar-refractivity contribution is 5.80. The Hall–Kier alpha value is -2.40. The average Bonchev–Trinajstić information content (AvgIpc) is 3.07. The van der Waals surface area contributed by atoms with Crippen LogP contribution in [-0.2, 0) is 11.4 Å². The smallest absolute Gasteiger partial charge is 0.226 e. The molecule has 0 spiro atoms. The number of ether oxygens (including phenoxy) is 1. The first kappa shape index (κ1) is 17.4. The van der Waals surface area contributed by atoms with Crippen LogP contribution in [0.15, 0.2) is 48.8 Å². The molecule has 5 heteroatoms. The number of hydrogen-bond donors (Lipinski definition) is 2. The molecule has 0 aliphatic heterocycles. The standard InChI is InChI=1S/C20H24N2O3/c1-14(22-20(24)18-5-2-6-19(18)23)16-7-9-17(10-8-16)25-13-15-4-3-11-21-12-15/h3-4,7-12,14,18-19,23H,2,5-6,13H2,1H3,(H,22,24). The number of nitrogens with one attached hydrogen (secondary N) is 1. The van der Waals surface area contributed by atoms with Crippen molar-refractivity contribution < 1.29 is 14.6 Å². The number of amides is 1. The second-order valence-electron chi connectivity index (χ2n) is 6.55. The molecule has 1 aromatic carbocycles. The van der Waals surface area contributed by atoms with Crippen LogP contribution in [0.3, 0.4) is 0 Å². The summed E-state index contributed by atoms with van der Waals surface area (Å²) in [6.45, 7) is 2.42. The first-order valence-electron chi connectivity index (χ1n) is 8.73. The molecule has 0 saturated heterocycles. The van der Waals surface area contributed by atoms with Crippen molar-refractivity contribution in [2.45, 2.75) is 44.9 Å². The molecule has 1 fully saturated rings. The third kappa shape index (κ3) is 4.57. The van der Waals surface area contributed by atoms with Gasteiger partial charge in [0.05, 0.1) is 18.1 Å². The molecule has 25 heavy (non-hydrogen) atoms. The van der Waals surface area contributed by atoms with E-state index >= 15 is 0 Å². The van der Waals surface area contributed by atoms with E-state index in [0.717, 1.165) is 36.1 Å². The molecule has 1 aliphatic rings. The molecular formula is C20H24N2O3. The van der Waals surface area contributed by atoms with Gasteiger partial charge in [-0.05, 0) is 49.9 Å². The normalized spacial score (nSPS) is 20.9. The number of hydrogen-bond acceptors (Lipinski definition) is 4. The first-order valence-corrected chi connectivity index (χ1v) is 8.73. The maximum atomic E-state index is 12.3. The van der Waals surface area contributed by atoms with Crippen LogP contribution in [0, 0.1) is 5.92 Å². The van der Waals surface area contributed by atoms with Crippen molar-refractivity contribution in [3.63, 3.8) is 0 Å². The van der Waals surface area contributed by atoms with E-state index in [2.05, 4.69) is 10.3 Å². The van der Waals surface area contributed by atoms with Crippen molar-refractivity contribution in [1.29, 1.82) is 0 Å². The molecule has 5 nitrogen and oxygen atoms in total. The van der Waals surface area contributed by atoms with Gasteiger partial charge >= 0.3 is 0 Å². The Bertz CT molecular complexity index is 688. The number of nitrogens with zero attached hydrogens (tertiary/aromatic N) is 1. The summed E-state index contributed by atoms with van der Waals surface area (Å²) in [4.78, 5) is 16.3. The summed E-state index contributed by atoms with van der Waals surface area (Å²) in [5, 5.41) is 12.8. The van der Waals surface area contributed by atoms with Crippen molar-refractivity contribution in [2.75, 3.05) is 0 Å². The molecule has 1 aromatic heterocycles. The van der Waals surface area contributed by atoms with Crippen molar-refractivity contribution in [3.8, 4) is 5.75 Å². The Labute approximate surface area is 148 Å². The Morgan fingerprint density at radius 2 is 2.12 bits per heavy atom. The molecule has 0 bridgehead atoms. The predicted molar refractivity (Wildman–Crippen MR) is 94.9 cm³/mol. The molecule has 3 unspecified atom stereocenters. The van der Waals surface area contributed by atoms with E-state index in [9.17, 15) is 9.90 Å². The fraction of sp³-hybridized carbons (Fsp3) is 0.400. The van der Waals surface area contributed by atoms with Gasteiger partial charge in [0.25, 0.3) is 0 Å². The molecule has 3 rings (SSSR count). The zero-order valence-corrected chi connectivity index (χ0v) is 14.4. The van der Waals surface area contributed by atoms with E-state index in [-0.39, 0.29) is 17.9 Å². The van der Waals surface area contributed by atoms with E-state index in [1.807, 2.05) is 43.3 Å². The predicted octanol–water partition coefficient (Wildman–Crippen LogP) is 3.00. The van der Waals surface area contributed by atoms with Gasteiger partial charge in [0, 0.05) is 18.0 Å². The second kappa shape index (κ2) is 8.12. The molecule has 2 N–H and O–H groups in total. The number of pyridine rings is 1. The first-order chi connectivity index (χ1) is 12.1. The lowest BCUT2D eigenvalue weighted by Gasteiger charge is -2.19. The number of aromatic nitrogens is 1. The molecular weight excluding hydrogens is 316 g/mol. The van der Waals surface area contributed by atoms with Gasteiger partial charge < -0.3 is 15.2 Å². The minimum Gasteiger partial charge on any atom is -0.489 e. The summed E-state index contributed by atoms with van der Waals surface area (Å²) >= 11 is 0. The summed E-state index contributed by atoms with van der Waals surface area (Å²) in [7, 11) is 0. The maximum absolute atomic E-state index is 12.3. The molecule has 1 aliphatic carbocycles. The minimum atomic E-state index is -0.504. The van der Waals surface area contributed by atoms with Crippen molar-refractivity contribution >= 4 is 5.91 Å². The summed E-state index contributed by atoms with van der Waals surface area (Å²) in [6.07, 6.45) is 5.41. The van der Waals surface area contributed by atoms with Gasteiger partial charge in [-0.3, -0.25) is 9.78 Å². The zero-order valence-electron chi connectivity index (χ0n) is 14.4. The summed E-state index contributed by atoms with van der Waals surface area (Å²) < 4.78 is 5.74. The Morgan fingerprint density at radius 3 is 2.76 bits per heavy atom. The van der Waals surface area contributed by atoms with E-state index in [4.69, 9.17) is 4.74 Å². The Balaban J connectivity index is 1.53. The van der Waals surface area contributed by atoms with Crippen molar-refractivity contribution in [2.24, 2.45) is 5.92 Å². The lowest BCUT2D eigenvalue weighted by atomic mass is 10.0. The molecule has 2 aromatic rings. The molecule has 1 amide bonds. The lowest BCUT2D eigenvalue weighted by molar-refractivity contribution is -0.128. The van der Waals surface area contributed by atoms with Gasteiger partial charge in [-0.2, -0.15) is 0 Å². The van der Waals surface area contributed by atoms with Gasteiger partial charge in [-0.25, -0.2) is 0 Å². The largest absolute Gasteiger partial charge is 0.489 e. The van der Waals surface area contributed by atoms with E-state index in [1.54, 1.807) is 12.4 Å². The number of aliphatic hydroxyl groups excluding tert-OH is 1. The fourth-order valence-electron chi connectivity index (χ4n) is 3.15. The van der Waals surface area contributed by atoms with Gasteiger partial charge in [-0.1, -0.05) is 18.2 Å². The third-order valence-corrected chi connectivity index (χ3v) is 4.68. The maximum Gasteiger partial charge on any atom is 0.226 e. The molecule has 132 valence electrons. The molecule has 1 saturated carbocycles. The molecule has 1 heterocycles. The highest BCUT2D eigenvalue weighted by atomic mass is 16.5. The van der Waals surface area contributed by atoms with E-state index < -0.39 is 6.10 Å². The van der Waals surface area contributed by atoms with Crippen molar-refractivity contribution in [3.05, 3.63) is 59.9 Å². The minimum absolute atomic E-state index is 0.0607. The van der Waals surface area contributed by atoms with Crippen LogP contribution in [0.5, 0.6) is 5.75 Å². The third-order valence-electron chi connectivity index (χ3n) is 4.68. The quantitative estimate of drug-likeness (QED) is 0.848. The second-order valence-corrected chi connectivity index (χ2v) is 6.55. The number of rotatable bonds is 6. The Kier molecular flexibility index (Phi) is 5.66. The summed E-state index contributed by atoms with van der Waals surface area (Å²) in [5.74, 6) is 0.441. The highest BCUT2D eigenvalue weighted by Crippen LogP contribution is 2.27. The van der Waals surface area contributed by atoms with Crippen LogP contribution in [0.4, 0.5) is 0 Å². The van der Waals surface area contributed by atoms with Crippen LogP contribution in [0.25, 0.3) is 0 Å².